The zero-order valence-electron chi connectivity index (χ0n) is 11.7. The molecule has 0 fully saturated rings. The third-order valence-electron chi connectivity index (χ3n) is 3.15. The number of rotatable bonds is 3. The average molecular weight is 351 g/mol. The van der Waals surface area contributed by atoms with Gasteiger partial charge in [-0.15, -0.1) is 0 Å². The van der Waals surface area contributed by atoms with Crippen LogP contribution in [0.15, 0.2) is 36.4 Å². The van der Waals surface area contributed by atoms with Crippen LogP contribution in [-0.4, -0.2) is 10.9 Å². The van der Waals surface area contributed by atoms with Crippen LogP contribution in [-0.2, 0) is 11.2 Å². The van der Waals surface area contributed by atoms with E-state index in [0.29, 0.717) is 27.1 Å². The van der Waals surface area contributed by atoms with Gasteiger partial charge < -0.3 is 5.32 Å². The SMILES string of the molecule is Cc1cccc(CC(=O)Nc2nc3c(Cl)c(Cl)ccc3s2)c1. The van der Waals surface area contributed by atoms with Gasteiger partial charge in [0.1, 0.15) is 5.52 Å². The minimum absolute atomic E-state index is 0.105. The van der Waals surface area contributed by atoms with Gasteiger partial charge in [-0.2, -0.15) is 0 Å². The monoisotopic (exact) mass is 350 g/mol. The van der Waals surface area contributed by atoms with Crippen molar-refractivity contribution in [1.29, 1.82) is 0 Å². The van der Waals surface area contributed by atoms with Crippen LogP contribution in [0.1, 0.15) is 11.1 Å². The Hall–Kier alpha value is -1.62. The molecule has 0 aliphatic rings. The van der Waals surface area contributed by atoms with Gasteiger partial charge in [0, 0.05) is 0 Å². The molecule has 3 aromatic rings. The topological polar surface area (TPSA) is 42.0 Å². The maximum absolute atomic E-state index is 12.1. The predicted octanol–water partition coefficient (Wildman–Crippen LogP) is 5.09. The first kappa shape index (κ1) is 15.3. The predicted molar refractivity (Wildman–Crippen MR) is 93.2 cm³/mol. The number of amides is 1. The minimum Gasteiger partial charge on any atom is -0.302 e. The average Bonchev–Trinajstić information content (AvgIpc) is 2.86. The first-order chi connectivity index (χ1) is 10.5. The summed E-state index contributed by atoms with van der Waals surface area (Å²) in [7, 11) is 0. The molecule has 0 radical (unpaired) electrons. The maximum Gasteiger partial charge on any atom is 0.230 e. The Morgan fingerprint density at radius 2 is 2.09 bits per heavy atom. The number of halogens is 2. The number of thiazole rings is 1. The molecule has 112 valence electrons. The molecule has 6 heteroatoms. The number of aromatic nitrogens is 1. The molecule has 3 nitrogen and oxygen atoms in total. The number of carbonyl (C=O) groups is 1. The number of nitrogens with zero attached hydrogens (tertiary/aromatic N) is 1. The Morgan fingerprint density at radius 1 is 1.27 bits per heavy atom. The molecule has 0 saturated carbocycles. The Kier molecular flexibility index (Phi) is 4.34. The Labute approximate surface area is 141 Å². The van der Waals surface area contributed by atoms with Gasteiger partial charge in [0.25, 0.3) is 0 Å². The van der Waals surface area contributed by atoms with Gasteiger partial charge in [0.05, 0.1) is 21.2 Å². The molecule has 0 unspecified atom stereocenters. The molecule has 0 saturated heterocycles. The van der Waals surface area contributed by atoms with Gasteiger partial charge >= 0.3 is 0 Å². The first-order valence-corrected chi connectivity index (χ1v) is 8.20. The molecular weight excluding hydrogens is 339 g/mol. The number of aryl methyl sites for hydroxylation is 1. The molecule has 0 bridgehead atoms. The summed E-state index contributed by atoms with van der Waals surface area (Å²) >= 11 is 13.5. The van der Waals surface area contributed by atoms with Crippen molar-refractivity contribution in [2.24, 2.45) is 0 Å². The zero-order chi connectivity index (χ0) is 15.7. The number of fused-ring (bicyclic) bond motifs is 1. The highest BCUT2D eigenvalue weighted by atomic mass is 35.5. The van der Waals surface area contributed by atoms with E-state index in [4.69, 9.17) is 23.2 Å². The second-order valence-electron chi connectivity index (χ2n) is 4.94. The lowest BCUT2D eigenvalue weighted by Gasteiger charge is -2.02. The van der Waals surface area contributed by atoms with Crippen LogP contribution in [0.2, 0.25) is 10.0 Å². The zero-order valence-corrected chi connectivity index (χ0v) is 14.0. The molecule has 2 aromatic carbocycles. The van der Waals surface area contributed by atoms with Crippen LogP contribution in [0, 0.1) is 6.92 Å². The number of benzene rings is 2. The highest BCUT2D eigenvalue weighted by Gasteiger charge is 2.12. The molecule has 1 aromatic heterocycles. The Morgan fingerprint density at radius 3 is 2.86 bits per heavy atom. The molecule has 0 aliphatic carbocycles. The van der Waals surface area contributed by atoms with Crippen molar-refractivity contribution < 1.29 is 4.79 Å². The molecule has 1 N–H and O–H groups in total. The van der Waals surface area contributed by atoms with E-state index in [9.17, 15) is 4.79 Å². The van der Waals surface area contributed by atoms with Crippen molar-refractivity contribution in [2.45, 2.75) is 13.3 Å². The van der Waals surface area contributed by atoms with Crippen molar-refractivity contribution in [3.8, 4) is 0 Å². The molecule has 0 atom stereocenters. The number of nitrogens with one attached hydrogen (secondary N) is 1. The molecular formula is C16H12Cl2N2OS. The van der Waals surface area contributed by atoms with Crippen LogP contribution in [0.3, 0.4) is 0 Å². The van der Waals surface area contributed by atoms with Crippen molar-refractivity contribution >= 4 is 55.8 Å². The molecule has 3 rings (SSSR count). The number of hydrogen-bond donors (Lipinski definition) is 1. The molecule has 1 heterocycles. The summed E-state index contributed by atoms with van der Waals surface area (Å²) in [6.07, 6.45) is 0.312. The Bertz CT molecular complexity index is 860. The quantitative estimate of drug-likeness (QED) is 0.714. The summed E-state index contributed by atoms with van der Waals surface area (Å²) in [5, 5.41) is 4.20. The third kappa shape index (κ3) is 3.24. The summed E-state index contributed by atoms with van der Waals surface area (Å²) in [6.45, 7) is 2.00. The standard InChI is InChI=1S/C16H12Cl2N2OS/c1-9-3-2-4-10(7-9)8-13(21)19-16-20-15-12(22-16)6-5-11(17)14(15)18/h2-7H,8H2,1H3,(H,19,20,21). The van der Waals surface area contributed by atoms with E-state index in [2.05, 4.69) is 10.3 Å². The van der Waals surface area contributed by atoms with Gasteiger partial charge in [-0.25, -0.2) is 4.98 Å². The molecule has 1 amide bonds. The summed E-state index contributed by atoms with van der Waals surface area (Å²) in [5.74, 6) is -0.105. The van der Waals surface area contributed by atoms with Gasteiger partial charge in [-0.3, -0.25) is 4.79 Å². The van der Waals surface area contributed by atoms with Crippen LogP contribution < -0.4 is 5.32 Å². The fourth-order valence-corrected chi connectivity index (χ4v) is 3.47. The van der Waals surface area contributed by atoms with E-state index in [1.165, 1.54) is 11.3 Å². The van der Waals surface area contributed by atoms with Crippen molar-refractivity contribution in [3.05, 3.63) is 57.6 Å². The van der Waals surface area contributed by atoms with Crippen molar-refractivity contribution in [1.82, 2.24) is 4.98 Å². The van der Waals surface area contributed by atoms with E-state index in [0.717, 1.165) is 15.8 Å². The molecule has 22 heavy (non-hydrogen) atoms. The normalized spacial score (nSPS) is 10.9. The second-order valence-corrected chi connectivity index (χ2v) is 6.76. The van der Waals surface area contributed by atoms with Crippen LogP contribution in [0.4, 0.5) is 5.13 Å². The van der Waals surface area contributed by atoms with Crippen LogP contribution >= 0.6 is 34.5 Å². The summed E-state index contributed by atoms with van der Waals surface area (Å²) in [6, 6.07) is 11.4. The van der Waals surface area contributed by atoms with E-state index in [-0.39, 0.29) is 5.91 Å². The number of hydrogen-bond acceptors (Lipinski definition) is 3. The molecule has 0 aliphatic heterocycles. The summed E-state index contributed by atoms with van der Waals surface area (Å²) in [5.41, 5.74) is 2.72. The number of carbonyl (C=O) groups excluding carboxylic acids is 1. The second kappa shape index (κ2) is 6.24. The van der Waals surface area contributed by atoms with Crippen LogP contribution in [0.5, 0.6) is 0 Å². The minimum atomic E-state index is -0.105. The lowest BCUT2D eigenvalue weighted by molar-refractivity contribution is -0.115. The third-order valence-corrected chi connectivity index (χ3v) is 4.88. The number of anilines is 1. The van der Waals surface area contributed by atoms with Crippen molar-refractivity contribution in [2.75, 3.05) is 5.32 Å². The molecule has 0 spiro atoms. The van der Waals surface area contributed by atoms with Crippen LogP contribution in [0.25, 0.3) is 10.2 Å². The largest absolute Gasteiger partial charge is 0.302 e. The Balaban J connectivity index is 1.78. The highest BCUT2D eigenvalue weighted by Crippen LogP contribution is 2.35. The lowest BCUT2D eigenvalue weighted by Crippen LogP contribution is -2.14. The smallest absolute Gasteiger partial charge is 0.230 e. The van der Waals surface area contributed by atoms with Gasteiger partial charge in [-0.1, -0.05) is 64.4 Å². The first-order valence-electron chi connectivity index (χ1n) is 6.63. The maximum atomic E-state index is 12.1. The van der Waals surface area contributed by atoms with E-state index in [1.807, 2.05) is 37.3 Å². The van der Waals surface area contributed by atoms with E-state index < -0.39 is 0 Å². The van der Waals surface area contributed by atoms with Gasteiger partial charge in [0.15, 0.2) is 5.13 Å². The summed E-state index contributed by atoms with van der Waals surface area (Å²) in [4.78, 5) is 16.5. The van der Waals surface area contributed by atoms with Crippen molar-refractivity contribution in [3.63, 3.8) is 0 Å². The highest BCUT2D eigenvalue weighted by molar-refractivity contribution is 7.22. The van der Waals surface area contributed by atoms with E-state index >= 15 is 0 Å². The van der Waals surface area contributed by atoms with Gasteiger partial charge in [-0.05, 0) is 24.6 Å². The van der Waals surface area contributed by atoms with E-state index in [1.54, 1.807) is 6.07 Å². The van der Waals surface area contributed by atoms with Gasteiger partial charge in [0.2, 0.25) is 5.91 Å². The fraction of sp³-hybridized carbons (Fsp3) is 0.125. The summed E-state index contributed by atoms with van der Waals surface area (Å²) < 4.78 is 0.889. The lowest BCUT2D eigenvalue weighted by atomic mass is 10.1. The fourth-order valence-electron chi connectivity index (χ4n) is 2.16.